The van der Waals surface area contributed by atoms with Crippen LogP contribution in [0.15, 0.2) is 30.3 Å². The summed E-state index contributed by atoms with van der Waals surface area (Å²) < 4.78 is 50.9. The Hall–Kier alpha value is -2.43. The zero-order valence-electron chi connectivity index (χ0n) is 23.0. The summed E-state index contributed by atoms with van der Waals surface area (Å²) in [5, 5.41) is 20.0. The maximum atomic E-state index is 13.2. The van der Waals surface area contributed by atoms with Gasteiger partial charge in [0.2, 0.25) is 0 Å². The predicted octanol–water partition coefficient (Wildman–Crippen LogP) is 7.16. The summed E-state index contributed by atoms with van der Waals surface area (Å²) >= 11 is 0. The van der Waals surface area contributed by atoms with Crippen molar-refractivity contribution < 1.29 is 27.1 Å². The molecule has 3 rings (SSSR count). The van der Waals surface area contributed by atoms with Gasteiger partial charge in [-0.3, -0.25) is 0 Å². The lowest BCUT2D eigenvalue weighted by Crippen LogP contribution is -2.35. The number of phenolic OH excluding ortho intramolecular Hbond substituents is 1. The highest BCUT2D eigenvalue weighted by molar-refractivity contribution is 6.65. The number of aryl methyl sites for hydroxylation is 1. The van der Waals surface area contributed by atoms with Crippen molar-refractivity contribution >= 4 is 19.6 Å². The predicted molar refractivity (Wildman–Crippen MR) is 141 cm³/mol. The normalized spacial score (nSPS) is 13.5. The Morgan fingerprint density at radius 3 is 2.11 bits per heavy atom. The Morgan fingerprint density at radius 1 is 0.919 bits per heavy atom. The largest absolute Gasteiger partial charge is 0.505 e. The fourth-order valence-electron chi connectivity index (χ4n) is 4.93. The maximum Gasteiger partial charge on any atom is 0.416 e. The fraction of sp³-hybridized carbons (Fsp3) is 0.556. The van der Waals surface area contributed by atoms with E-state index in [9.17, 15) is 18.3 Å². The van der Waals surface area contributed by atoms with Crippen LogP contribution in [0, 0.1) is 5.41 Å². The van der Waals surface area contributed by atoms with Gasteiger partial charge in [-0.2, -0.15) is 13.2 Å². The minimum Gasteiger partial charge on any atom is -0.505 e. The van der Waals surface area contributed by atoms with Crippen molar-refractivity contribution in [2.45, 2.75) is 78.1 Å². The van der Waals surface area contributed by atoms with Gasteiger partial charge in [0.15, 0.2) is 0 Å². The summed E-state index contributed by atoms with van der Waals surface area (Å²) in [7, 11) is 1.03. The number of fused-ring (bicyclic) bond motifs is 1. The van der Waals surface area contributed by atoms with E-state index in [4.69, 9.17) is 8.85 Å². The smallest absolute Gasteiger partial charge is 0.416 e. The van der Waals surface area contributed by atoms with Crippen LogP contribution < -0.4 is 0 Å². The second-order valence-corrected chi connectivity index (χ2v) is 15.3. The van der Waals surface area contributed by atoms with E-state index in [1.807, 2.05) is 18.7 Å². The molecule has 0 amide bonds. The zero-order chi connectivity index (χ0) is 27.8. The molecule has 0 saturated heterocycles. The Bertz CT molecular complexity index is 1250. The van der Waals surface area contributed by atoms with E-state index < -0.39 is 20.3 Å². The summed E-state index contributed by atoms with van der Waals surface area (Å²) in [6.07, 6.45) is -2.28. The Morgan fingerprint density at radius 2 is 1.54 bits per heavy atom. The molecule has 0 unspecified atom stereocenters. The van der Waals surface area contributed by atoms with Crippen LogP contribution in [0.3, 0.4) is 0 Å². The third-order valence-corrected chi connectivity index (χ3v) is 9.78. The lowest BCUT2D eigenvalue weighted by molar-refractivity contribution is -0.137. The molecule has 0 aliphatic carbocycles. The standard InChI is InChI=1S/C27H38F3N3O3Si/c1-25(2,3)17-26(4,5)20-14-18(10-9-13-37(8,35-6)36-7)24(34)23(16-20)33-31-21-12-11-19(27(28,29)30)15-22(21)32-33/h11-12,14-16,34H,9-10,13,17H2,1-8H3. The van der Waals surface area contributed by atoms with Crippen LogP contribution in [0.4, 0.5) is 13.2 Å². The number of halogens is 3. The fourth-order valence-corrected chi connectivity index (χ4v) is 6.32. The second kappa shape index (κ2) is 10.4. The maximum absolute atomic E-state index is 13.2. The average molecular weight is 538 g/mol. The quantitative estimate of drug-likeness (QED) is 0.293. The molecule has 37 heavy (non-hydrogen) atoms. The number of phenols is 1. The molecule has 6 nitrogen and oxygen atoms in total. The molecule has 1 aromatic heterocycles. The molecular weight excluding hydrogens is 499 g/mol. The highest BCUT2D eigenvalue weighted by Gasteiger charge is 2.32. The monoisotopic (exact) mass is 537 g/mol. The number of nitrogens with zero attached hydrogens (tertiary/aromatic N) is 3. The Labute approximate surface area is 218 Å². The molecule has 1 N–H and O–H groups in total. The summed E-state index contributed by atoms with van der Waals surface area (Å²) in [6, 6.07) is 7.88. The average Bonchev–Trinajstić information content (AvgIpc) is 3.21. The molecule has 204 valence electrons. The van der Waals surface area contributed by atoms with E-state index in [2.05, 4.69) is 44.8 Å². The number of benzene rings is 2. The summed E-state index contributed by atoms with van der Waals surface area (Å²) in [4.78, 5) is 1.24. The SMILES string of the molecule is CO[Si](C)(CCCc1cc(C(C)(C)CC(C)(C)C)cc(-n2nc3ccc(C(F)(F)F)cc3n2)c1O)OC. The number of aromatic hydroxyl groups is 1. The lowest BCUT2D eigenvalue weighted by Gasteiger charge is -2.33. The minimum absolute atomic E-state index is 0.0184. The van der Waals surface area contributed by atoms with Gasteiger partial charge in [-0.1, -0.05) is 40.7 Å². The van der Waals surface area contributed by atoms with Crippen molar-refractivity contribution in [3.63, 3.8) is 0 Å². The first-order chi connectivity index (χ1) is 17.0. The van der Waals surface area contributed by atoms with Crippen molar-refractivity contribution in [2.24, 2.45) is 5.41 Å². The van der Waals surface area contributed by atoms with E-state index in [1.165, 1.54) is 10.9 Å². The van der Waals surface area contributed by atoms with E-state index in [1.54, 1.807) is 14.2 Å². The van der Waals surface area contributed by atoms with Crippen LogP contribution in [0.2, 0.25) is 12.6 Å². The minimum atomic E-state index is -4.48. The molecule has 0 fully saturated rings. The van der Waals surface area contributed by atoms with Crippen molar-refractivity contribution in [2.75, 3.05) is 14.2 Å². The third kappa shape index (κ3) is 6.91. The first kappa shape index (κ1) is 29.1. The summed E-state index contributed by atoms with van der Waals surface area (Å²) in [6.45, 7) is 12.8. The van der Waals surface area contributed by atoms with Gasteiger partial charge in [-0.25, -0.2) is 0 Å². The van der Waals surface area contributed by atoms with Crippen LogP contribution in [0.25, 0.3) is 16.7 Å². The van der Waals surface area contributed by atoms with Crippen LogP contribution >= 0.6 is 0 Å². The van der Waals surface area contributed by atoms with E-state index in [0.29, 0.717) is 17.6 Å². The number of hydrogen-bond acceptors (Lipinski definition) is 5. The van der Waals surface area contributed by atoms with Gasteiger partial charge in [0.1, 0.15) is 22.5 Å². The molecule has 10 heteroatoms. The van der Waals surface area contributed by atoms with Gasteiger partial charge in [-0.05, 0) is 78.1 Å². The van der Waals surface area contributed by atoms with Crippen LogP contribution in [-0.2, 0) is 26.9 Å². The highest BCUT2D eigenvalue weighted by atomic mass is 28.4. The molecule has 0 aliphatic heterocycles. The van der Waals surface area contributed by atoms with Gasteiger partial charge in [0.05, 0.1) is 5.56 Å². The van der Waals surface area contributed by atoms with Gasteiger partial charge in [0, 0.05) is 14.2 Å². The lowest BCUT2D eigenvalue weighted by atomic mass is 9.72. The zero-order valence-corrected chi connectivity index (χ0v) is 24.0. The number of alkyl halides is 3. The Kier molecular flexibility index (Phi) is 8.17. The van der Waals surface area contributed by atoms with Crippen LogP contribution in [0.1, 0.15) is 64.2 Å². The van der Waals surface area contributed by atoms with E-state index >= 15 is 0 Å². The third-order valence-electron chi connectivity index (χ3n) is 6.79. The van der Waals surface area contributed by atoms with E-state index in [0.717, 1.165) is 42.1 Å². The van der Waals surface area contributed by atoms with Crippen LogP contribution in [-0.4, -0.2) is 42.9 Å². The summed E-state index contributed by atoms with van der Waals surface area (Å²) in [5.74, 6) is 0.0184. The van der Waals surface area contributed by atoms with Gasteiger partial charge in [-0.15, -0.1) is 15.0 Å². The second-order valence-electron chi connectivity index (χ2n) is 11.7. The first-order valence-electron chi connectivity index (χ1n) is 12.4. The molecule has 0 spiro atoms. The Balaban J connectivity index is 2.10. The highest BCUT2D eigenvalue weighted by Crippen LogP contribution is 2.40. The molecule has 3 aromatic rings. The molecule has 0 radical (unpaired) electrons. The molecule has 0 aliphatic rings. The molecule has 2 aromatic carbocycles. The molecule has 0 atom stereocenters. The van der Waals surface area contributed by atoms with Crippen molar-refractivity contribution in [1.29, 1.82) is 0 Å². The van der Waals surface area contributed by atoms with Crippen molar-refractivity contribution in [1.82, 2.24) is 15.0 Å². The molecule has 1 heterocycles. The molecule has 0 saturated carbocycles. The summed E-state index contributed by atoms with van der Waals surface area (Å²) in [5.41, 5.74) is 1.52. The first-order valence-corrected chi connectivity index (χ1v) is 14.9. The van der Waals surface area contributed by atoms with Crippen molar-refractivity contribution in [3.8, 4) is 11.4 Å². The molecule has 0 bridgehead atoms. The topological polar surface area (TPSA) is 69.4 Å². The number of rotatable bonds is 9. The van der Waals surface area contributed by atoms with Crippen molar-refractivity contribution in [3.05, 3.63) is 47.0 Å². The number of aromatic nitrogens is 3. The van der Waals surface area contributed by atoms with Gasteiger partial charge in [0.25, 0.3) is 0 Å². The van der Waals surface area contributed by atoms with E-state index in [-0.39, 0.29) is 22.1 Å². The van der Waals surface area contributed by atoms with Gasteiger partial charge < -0.3 is 14.0 Å². The molecular formula is C27H38F3N3O3Si. The van der Waals surface area contributed by atoms with Crippen LogP contribution in [0.5, 0.6) is 5.75 Å². The van der Waals surface area contributed by atoms with Gasteiger partial charge >= 0.3 is 14.7 Å². The number of hydrogen-bond donors (Lipinski definition) is 1.